The lowest BCUT2D eigenvalue weighted by Crippen LogP contribution is -2.45. The van der Waals surface area contributed by atoms with Gasteiger partial charge >= 0.3 is 11.4 Å². The number of ether oxygens (including phenoxy) is 1. The van der Waals surface area contributed by atoms with Gasteiger partial charge in [0.25, 0.3) is 5.56 Å². The summed E-state index contributed by atoms with van der Waals surface area (Å²) in [6.45, 7) is 4.06. The number of fused-ring (bicyclic) bond motifs is 2. The zero-order valence-electron chi connectivity index (χ0n) is 16.4. The molecule has 0 saturated heterocycles. The van der Waals surface area contributed by atoms with E-state index in [0.29, 0.717) is 23.6 Å². The lowest BCUT2D eigenvalue weighted by Gasteiger charge is -2.13. The van der Waals surface area contributed by atoms with Gasteiger partial charge in [-0.1, -0.05) is 30.3 Å². The fourth-order valence-electron chi connectivity index (χ4n) is 3.81. The van der Waals surface area contributed by atoms with Crippen LogP contribution < -0.4 is 26.7 Å². The van der Waals surface area contributed by atoms with Gasteiger partial charge in [0, 0.05) is 6.54 Å². The maximum atomic E-state index is 13.3. The van der Waals surface area contributed by atoms with Crippen LogP contribution in [0.1, 0.15) is 13.8 Å². The lowest BCUT2D eigenvalue weighted by atomic mass is 9.99. The van der Waals surface area contributed by atoms with Crippen LogP contribution in [0, 0.1) is 0 Å². The number of H-pyrrole nitrogens is 2. The molecule has 0 atom stereocenters. The second-order valence-corrected chi connectivity index (χ2v) is 6.62. The molecule has 0 fully saturated rings. The van der Waals surface area contributed by atoms with E-state index in [0.717, 1.165) is 10.8 Å². The summed E-state index contributed by atoms with van der Waals surface area (Å²) in [4.78, 5) is 43.9. The molecule has 148 valence electrons. The zero-order valence-corrected chi connectivity index (χ0v) is 16.4. The summed E-state index contributed by atoms with van der Waals surface area (Å²) in [5, 5.41) is 2.00. The molecular formula is C21H21N4O4+. The van der Waals surface area contributed by atoms with E-state index in [-0.39, 0.29) is 17.6 Å². The minimum atomic E-state index is -0.516. The molecule has 0 aliphatic heterocycles. The van der Waals surface area contributed by atoms with Gasteiger partial charge in [-0.15, -0.1) is 0 Å². The molecule has 2 heterocycles. The Labute approximate surface area is 165 Å². The van der Waals surface area contributed by atoms with Crippen molar-refractivity contribution >= 4 is 21.8 Å². The van der Waals surface area contributed by atoms with E-state index in [9.17, 15) is 14.4 Å². The third-order valence-electron chi connectivity index (χ3n) is 5.14. The Morgan fingerprint density at radius 3 is 2.41 bits per heavy atom. The van der Waals surface area contributed by atoms with Crippen molar-refractivity contribution in [3.8, 4) is 17.0 Å². The Hall–Kier alpha value is -3.68. The summed E-state index contributed by atoms with van der Waals surface area (Å²) < 4.78 is 8.13. The van der Waals surface area contributed by atoms with Crippen molar-refractivity contribution in [3.63, 3.8) is 0 Å². The van der Waals surface area contributed by atoms with Gasteiger partial charge in [0.05, 0.1) is 19.2 Å². The monoisotopic (exact) mass is 393 g/mol. The van der Waals surface area contributed by atoms with Crippen LogP contribution in [-0.4, -0.2) is 21.2 Å². The number of rotatable bonds is 4. The van der Waals surface area contributed by atoms with Crippen molar-refractivity contribution in [1.29, 1.82) is 0 Å². The molecule has 2 aromatic heterocycles. The third kappa shape index (κ3) is 2.75. The lowest BCUT2D eigenvalue weighted by molar-refractivity contribution is -0.374. The molecule has 0 aliphatic carbocycles. The van der Waals surface area contributed by atoms with Gasteiger partial charge in [0.1, 0.15) is 11.4 Å². The molecule has 0 aliphatic rings. The van der Waals surface area contributed by atoms with E-state index in [1.165, 1.54) is 16.2 Å². The van der Waals surface area contributed by atoms with E-state index >= 15 is 0 Å². The number of methoxy groups -OCH3 is 1. The average molecular weight is 393 g/mol. The molecule has 0 amide bonds. The van der Waals surface area contributed by atoms with Crippen molar-refractivity contribution in [2.75, 3.05) is 7.11 Å². The van der Waals surface area contributed by atoms with Gasteiger partial charge in [-0.3, -0.25) is 4.79 Å². The predicted octanol–water partition coefficient (Wildman–Crippen LogP) is 1.53. The number of nitrogens with zero attached hydrogens (tertiary/aromatic N) is 2. The first-order chi connectivity index (χ1) is 14.0. The van der Waals surface area contributed by atoms with Gasteiger partial charge in [-0.2, -0.15) is 0 Å². The highest BCUT2D eigenvalue weighted by atomic mass is 16.5. The SMILES string of the molecule is CCn1c(=O)c2c(-c3c(OC)ccc4ccccc34)[nH]c(=O)[nH+]c2n(CC)c1=O. The van der Waals surface area contributed by atoms with Crippen LogP contribution >= 0.6 is 0 Å². The van der Waals surface area contributed by atoms with Crippen LogP contribution in [0.15, 0.2) is 50.8 Å². The number of aromatic nitrogens is 4. The molecule has 0 unspecified atom stereocenters. The minimum absolute atomic E-state index is 0.195. The molecule has 0 radical (unpaired) electrons. The fraction of sp³-hybridized carbons (Fsp3) is 0.238. The van der Waals surface area contributed by atoms with Gasteiger partial charge < -0.3 is 4.74 Å². The van der Waals surface area contributed by atoms with E-state index in [2.05, 4.69) is 9.97 Å². The summed E-state index contributed by atoms with van der Waals surface area (Å²) >= 11 is 0. The topological polar surface area (TPSA) is 100 Å². The number of hydrogen-bond acceptors (Lipinski definition) is 4. The summed E-state index contributed by atoms with van der Waals surface area (Å²) in [7, 11) is 1.54. The Balaban J connectivity index is 2.31. The van der Waals surface area contributed by atoms with Crippen LogP contribution in [0.4, 0.5) is 0 Å². The van der Waals surface area contributed by atoms with Crippen LogP contribution in [0.2, 0.25) is 0 Å². The van der Waals surface area contributed by atoms with E-state index in [1.807, 2.05) is 30.3 Å². The summed E-state index contributed by atoms with van der Waals surface area (Å²) in [5.41, 5.74) is -0.312. The molecule has 8 heteroatoms. The highest BCUT2D eigenvalue weighted by Gasteiger charge is 2.25. The third-order valence-corrected chi connectivity index (χ3v) is 5.14. The number of aryl methyl sites for hydroxylation is 1. The molecule has 2 N–H and O–H groups in total. The smallest absolute Gasteiger partial charge is 0.439 e. The first-order valence-corrected chi connectivity index (χ1v) is 9.40. The van der Waals surface area contributed by atoms with Crippen molar-refractivity contribution in [1.82, 2.24) is 14.1 Å². The molecule has 4 aromatic rings. The number of nitrogens with one attached hydrogen (secondary N) is 2. The molecule has 8 nitrogen and oxygen atoms in total. The number of hydrogen-bond donors (Lipinski definition) is 1. The Kier molecular flexibility index (Phi) is 4.54. The summed E-state index contributed by atoms with van der Waals surface area (Å²) in [5.74, 6) is 0.517. The maximum absolute atomic E-state index is 13.3. The van der Waals surface area contributed by atoms with E-state index in [1.54, 1.807) is 19.9 Å². The van der Waals surface area contributed by atoms with Gasteiger partial charge in [0.2, 0.25) is 5.65 Å². The van der Waals surface area contributed by atoms with Crippen molar-refractivity contribution in [2.24, 2.45) is 0 Å². The summed E-state index contributed by atoms with van der Waals surface area (Å²) in [6, 6.07) is 11.4. The molecule has 0 saturated carbocycles. The molecule has 2 aromatic carbocycles. The normalized spacial score (nSPS) is 11.3. The van der Waals surface area contributed by atoms with Crippen LogP contribution in [0.5, 0.6) is 5.75 Å². The standard InChI is InChI=1S/C21H20N4O4/c1-4-24-18-16(19(26)25(5-2)21(24)28)17(22-20(27)23-18)15-13-9-7-6-8-12(13)10-11-14(15)29-3/h6-11H,4-5H2,1-3H3,(H,22,23,27)/p+1. The largest absolute Gasteiger partial charge is 0.496 e. The molecule has 4 rings (SSSR count). The first kappa shape index (κ1) is 18.7. The summed E-state index contributed by atoms with van der Waals surface area (Å²) in [6.07, 6.45) is 0. The Morgan fingerprint density at radius 2 is 1.72 bits per heavy atom. The zero-order chi connectivity index (χ0) is 20.7. The highest BCUT2D eigenvalue weighted by Crippen LogP contribution is 2.37. The van der Waals surface area contributed by atoms with Crippen LogP contribution in [0.3, 0.4) is 0 Å². The van der Waals surface area contributed by atoms with Crippen molar-refractivity contribution in [2.45, 2.75) is 26.9 Å². The average Bonchev–Trinajstić information content (AvgIpc) is 2.72. The van der Waals surface area contributed by atoms with Crippen molar-refractivity contribution < 1.29 is 9.72 Å². The molecule has 0 spiro atoms. The number of benzene rings is 2. The van der Waals surface area contributed by atoms with E-state index < -0.39 is 16.9 Å². The predicted molar refractivity (Wildman–Crippen MR) is 110 cm³/mol. The van der Waals surface area contributed by atoms with Gasteiger partial charge in [-0.05, 0) is 30.7 Å². The van der Waals surface area contributed by atoms with Crippen LogP contribution in [0.25, 0.3) is 33.1 Å². The second kappa shape index (κ2) is 7.05. The molecular weight excluding hydrogens is 372 g/mol. The number of aromatic amines is 2. The van der Waals surface area contributed by atoms with Crippen LogP contribution in [-0.2, 0) is 13.1 Å². The minimum Gasteiger partial charge on any atom is -0.496 e. The Morgan fingerprint density at radius 1 is 1.00 bits per heavy atom. The fourth-order valence-corrected chi connectivity index (χ4v) is 3.81. The molecule has 29 heavy (non-hydrogen) atoms. The molecule has 0 bridgehead atoms. The maximum Gasteiger partial charge on any atom is 0.439 e. The van der Waals surface area contributed by atoms with Gasteiger partial charge in [-0.25, -0.2) is 28.7 Å². The highest BCUT2D eigenvalue weighted by molar-refractivity contribution is 6.04. The van der Waals surface area contributed by atoms with E-state index in [4.69, 9.17) is 4.74 Å². The van der Waals surface area contributed by atoms with Crippen molar-refractivity contribution in [3.05, 3.63) is 67.7 Å². The quantitative estimate of drug-likeness (QED) is 0.568. The second-order valence-electron chi connectivity index (χ2n) is 6.62. The first-order valence-electron chi connectivity index (χ1n) is 9.40. The Bertz CT molecular complexity index is 1430. The van der Waals surface area contributed by atoms with Gasteiger partial charge in [0.15, 0.2) is 5.39 Å².